The van der Waals surface area contributed by atoms with Gasteiger partial charge in [0.15, 0.2) is 11.5 Å². The molecular weight excluding hydrogens is 192 g/mol. The number of oxazole rings is 1. The predicted octanol–water partition coefficient (Wildman–Crippen LogP) is 1.89. The van der Waals surface area contributed by atoms with E-state index in [2.05, 4.69) is 10.3 Å². The monoisotopic (exact) mass is 204 g/mol. The van der Waals surface area contributed by atoms with Crippen LogP contribution in [0.1, 0.15) is 23.2 Å². The number of fused-ring (bicyclic) bond motifs is 1. The van der Waals surface area contributed by atoms with E-state index in [9.17, 15) is 4.79 Å². The van der Waals surface area contributed by atoms with Gasteiger partial charge in [0.05, 0.1) is 0 Å². The van der Waals surface area contributed by atoms with E-state index in [1.165, 1.54) is 0 Å². The number of aryl methyl sites for hydroxylation is 1. The van der Waals surface area contributed by atoms with Crippen LogP contribution in [0.2, 0.25) is 0 Å². The van der Waals surface area contributed by atoms with Crippen molar-refractivity contribution in [3.05, 3.63) is 29.7 Å². The van der Waals surface area contributed by atoms with Gasteiger partial charge in [0.1, 0.15) is 5.52 Å². The van der Waals surface area contributed by atoms with Gasteiger partial charge in [-0.15, -0.1) is 0 Å². The van der Waals surface area contributed by atoms with Gasteiger partial charge in [-0.05, 0) is 25.1 Å². The molecule has 78 valence electrons. The van der Waals surface area contributed by atoms with Gasteiger partial charge in [-0.3, -0.25) is 4.79 Å². The molecule has 15 heavy (non-hydrogen) atoms. The molecule has 4 nitrogen and oxygen atoms in total. The second kappa shape index (κ2) is 3.73. The summed E-state index contributed by atoms with van der Waals surface area (Å²) in [6.45, 7) is 4.29. The van der Waals surface area contributed by atoms with Crippen molar-refractivity contribution >= 4 is 17.0 Å². The first-order valence-electron chi connectivity index (χ1n) is 4.86. The van der Waals surface area contributed by atoms with Crippen LogP contribution in [0.5, 0.6) is 0 Å². The third-order valence-electron chi connectivity index (χ3n) is 2.09. The lowest BCUT2D eigenvalue weighted by atomic mass is 10.2. The summed E-state index contributed by atoms with van der Waals surface area (Å²) < 4.78 is 5.32. The van der Waals surface area contributed by atoms with E-state index in [4.69, 9.17) is 4.42 Å². The number of carbonyl (C=O) groups is 1. The van der Waals surface area contributed by atoms with E-state index < -0.39 is 0 Å². The summed E-state index contributed by atoms with van der Waals surface area (Å²) in [7, 11) is 0. The Bertz CT molecular complexity index is 502. The highest BCUT2D eigenvalue weighted by Gasteiger charge is 2.07. The summed E-state index contributed by atoms with van der Waals surface area (Å²) in [5.41, 5.74) is 2.04. The Morgan fingerprint density at radius 1 is 1.53 bits per heavy atom. The molecule has 0 aliphatic rings. The number of carbonyl (C=O) groups excluding carboxylic acids is 1. The summed E-state index contributed by atoms with van der Waals surface area (Å²) in [6, 6.07) is 5.23. The summed E-state index contributed by atoms with van der Waals surface area (Å²) in [5.74, 6) is 0.526. The van der Waals surface area contributed by atoms with E-state index in [1.807, 2.05) is 6.92 Å². The number of hydrogen-bond acceptors (Lipinski definition) is 3. The van der Waals surface area contributed by atoms with Gasteiger partial charge in [0.25, 0.3) is 5.91 Å². The summed E-state index contributed by atoms with van der Waals surface area (Å²) in [4.78, 5) is 15.7. The number of rotatable bonds is 2. The zero-order valence-electron chi connectivity index (χ0n) is 8.70. The molecule has 0 saturated carbocycles. The highest BCUT2D eigenvalue weighted by molar-refractivity contribution is 5.97. The van der Waals surface area contributed by atoms with Crippen LogP contribution in [-0.4, -0.2) is 17.4 Å². The fraction of sp³-hybridized carbons (Fsp3) is 0.273. The Balaban J connectivity index is 2.41. The van der Waals surface area contributed by atoms with Crippen molar-refractivity contribution in [2.24, 2.45) is 0 Å². The molecule has 0 saturated heterocycles. The SMILES string of the molecule is CCNC(=O)c1ccc2oc(C)nc2c1. The maximum Gasteiger partial charge on any atom is 0.251 e. The second-order valence-electron chi connectivity index (χ2n) is 3.27. The molecule has 0 atom stereocenters. The molecule has 0 fully saturated rings. The number of aromatic nitrogens is 1. The zero-order valence-corrected chi connectivity index (χ0v) is 8.70. The molecule has 0 unspecified atom stereocenters. The molecule has 0 bridgehead atoms. The maximum absolute atomic E-state index is 11.5. The van der Waals surface area contributed by atoms with Gasteiger partial charge in [-0.1, -0.05) is 0 Å². The normalized spacial score (nSPS) is 10.5. The van der Waals surface area contributed by atoms with E-state index in [1.54, 1.807) is 25.1 Å². The third-order valence-corrected chi connectivity index (χ3v) is 2.09. The van der Waals surface area contributed by atoms with Crippen molar-refractivity contribution in [3.63, 3.8) is 0 Å². The van der Waals surface area contributed by atoms with Crippen LogP contribution < -0.4 is 5.32 Å². The lowest BCUT2D eigenvalue weighted by molar-refractivity contribution is 0.0956. The molecule has 0 spiro atoms. The Morgan fingerprint density at radius 2 is 2.33 bits per heavy atom. The fourth-order valence-corrected chi connectivity index (χ4v) is 1.45. The number of amides is 1. The van der Waals surface area contributed by atoms with E-state index in [0.717, 1.165) is 5.52 Å². The molecular formula is C11H12N2O2. The van der Waals surface area contributed by atoms with Gasteiger partial charge >= 0.3 is 0 Å². The minimum atomic E-state index is -0.0833. The summed E-state index contributed by atoms with van der Waals surface area (Å²) in [6.07, 6.45) is 0. The molecule has 2 rings (SSSR count). The van der Waals surface area contributed by atoms with Crippen LogP contribution in [0.3, 0.4) is 0 Å². The lowest BCUT2D eigenvalue weighted by Crippen LogP contribution is -2.22. The van der Waals surface area contributed by atoms with Crippen molar-refractivity contribution in [3.8, 4) is 0 Å². The molecule has 4 heteroatoms. The van der Waals surface area contributed by atoms with Crippen molar-refractivity contribution in [2.75, 3.05) is 6.54 Å². The Morgan fingerprint density at radius 3 is 3.07 bits per heavy atom. The first-order valence-corrected chi connectivity index (χ1v) is 4.86. The topological polar surface area (TPSA) is 55.1 Å². The molecule has 1 amide bonds. The van der Waals surface area contributed by atoms with Gasteiger partial charge in [-0.25, -0.2) is 4.98 Å². The molecule has 1 N–H and O–H groups in total. The molecule has 0 aliphatic heterocycles. The molecule has 0 aliphatic carbocycles. The van der Waals surface area contributed by atoms with Crippen molar-refractivity contribution in [1.82, 2.24) is 10.3 Å². The van der Waals surface area contributed by atoms with Gasteiger partial charge in [0.2, 0.25) is 0 Å². The molecule has 1 heterocycles. The number of benzene rings is 1. The van der Waals surface area contributed by atoms with E-state index in [0.29, 0.717) is 23.6 Å². The smallest absolute Gasteiger partial charge is 0.251 e. The molecule has 2 aromatic rings. The lowest BCUT2D eigenvalue weighted by Gasteiger charge is -2.00. The highest BCUT2D eigenvalue weighted by atomic mass is 16.3. The van der Waals surface area contributed by atoms with Crippen LogP contribution in [-0.2, 0) is 0 Å². The minimum Gasteiger partial charge on any atom is -0.441 e. The quantitative estimate of drug-likeness (QED) is 0.812. The van der Waals surface area contributed by atoms with Crippen LogP contribution in [0, 0.1) is 6.92 Å². The largest absolute Gasteiger partial charge is 0.441 e. The van der Waals surface area contributed by atoms with Gasteiger partial charge < -0.3 is 9.73 Å². The van der Waals surface area contributed by atoms with E-state index in [-0.39, 0.29) is 5.91 Å². The summed E-state index contributed by atoms with van der Waals surface area (Å²) in [5, 5.41) is 2.74. The number of nitrogens with one attached hydrogen (secondary N) is 1. The van der Waals surface area contributed by atoms with Gasteiger partial charge in [-0.2, -0.15) is 0 Å². The first-order chi connectivity index (χ1) is 7.20. The minimum absolute atomic E-state index is 0.0833. The molecule has 1 aromatic heterocycles. The number of hydrogen-bond donors (Lipinski definition) is 1. The Hall–Kier alpha value is -1.84. The van der Waals surface area contributed by atoms with Crippen molar-refractivity contribution < 1.29 is 9.21 Å². The number of nitrogens with zero attached hydrogens (tertiary/aromatic N) is 1. The van der Waals surface area contributed by atoms with Crippen LogP contribution >= 0.6 is 0 Å². The van der Waals surface area contributed by atoms with Crippen LogP contribution in [0.4, 0.5) is 0 Å². The maximum atomic E-state index is 11.5. The first kappa shape index (κ1) is 9.71. The van der Waals surface area contributed by atoms with Crippen LogP contribution in [0.25, 0.3) is 11.1 Å². The molecule has 0 radical (unpaired) electrons. The zero-order chi connectivity index (χ0) is 10.8. The molecule has 1 aromatic carbocycles. The second-order valence-corrected chi connectivity index (χ2v) is 3.27. The Labute approximate surface area is 87.3 Å². The van der Waals surface area contributed by atoms with Crippen molar-refractivity contribution in [2.45, 2.75) is 13.8 Å². The summed E-state index contributed by atoms with van der Waals surface area (Å²) >= 11 is 0. The average molecular weight is 204 g/mol. The van der Waals surface area contributed by atoms with E-state index >= 15 is 0 Å². The Kier molecular flexibility index (Phi) is 2.41. The third kappa shape index (κ3) is 1.83. The van der Waals surface area contributed by atoms with Crippen molar-refractivity contribution in [1.29, 1.82) is 0 Å². The highest BCUT2D eigenvalue weighted by Crippen LogP contribution is 2.16. The fourth-order valence-electron chi connectivity index (χ4n) is 1.45. The van der Waals surface area contributed by atoms with Gasteiger partial charge in [0, 0.05) is 19.0 Å². The predicted molar refractivity (Wildman–Crippen MR) is 56.8 cm³/mol. The average Bonchev–Trinajstić information content (AvgIpc) is 2.57. The standard InChI is InChI=1S/C11H12N2O2/c1-3-12-11(14)8-4-5-10-9(6-8)13-7(2)15-10/h4-6H,3H2,1-2H3,(H,12,14). The van der Waals surface area contributed by atoms with Crippen LogP contribution in [0.15, 0.2) is 22.6 Å².